The summed E-state index contributed by atoms with van der Waals surface area (Å²) < 4.78 is 5.34. The van der Waals surface area contributed by atoms with Gasteiger partial charge in [-0.05, 0) is 30.0 Å². The normalized spacial score (nSPS) is 24.0. The lowest BCUT2D eigenvalue weighted by Crippen LogP contribution is -2.35. The Labute approximate surface area is 131 Å². The summed E-state index contributed by atoms with van der Waals surface area (Å²) in [5.74, 6) is 0.452. The van der Waals surface area contributed by atoms with E-state index in [0.29, 0.717) is 6.54 Å². The lowest BCUT2D eigenvalue weighted by atomic mass is 10.1. The Balaban J connectivity index is 1.65. The molecule has 1 heterocycles. The highest BCUT2D eigenvalue weighted by atomic mass is 16.5. The average Bonchev–Trinajstić information content (AvgIpc) is 3.13. The third-order valence-electron chi connectivity index (χ3n) is 4.67. The molecule has 0 aromatic heterocycles. The number of morpholine rings is 1. The number of ether oxygens (including phenoxy) is 1. The molecule has 0 bridgehead atoms. The van der Waals surface area contributed by atoms with Gasteiger partial charge in [0.1, 0.15) is 5.75 Å². The van der Waals surface area contributed by atoms with Gasteiger partial charge in [0.2, 0.25) is 5.91 Å². The van der Waals surface area contributed by atoms with E-state index in [-0.39, 0.29) is 23.0 Å². The molecule has 0 unspecified atom stereocenters. The molecule has 2 fully saturated rings. The van der Waals surface area contributed by atoms with Gasteiger partial charge in [-0.2, -0.15) is 0 Å². The number of benzene rings is 1. The Morgan fingerprint density at radius 2 is 2.09 bits per heavy atom. The maximum absolute atomic E-state index is 12.2. The van der Waals surface area contributed by atoms with Gasteiger partial charge in [-0.15, -0.1) is 0 Å². The van der Waals surface area contributed by atoms with Crippen LogP contribution in [0.1, 0.15) is 25.8 Å². The van der Waals surface area contributed by atoms with E-state index in [1.54, 1.807) is 12.1 Å². The highest BCUT2D eigenvalue weighted by Gasteiger charge is 2.50. The predicted molar refractivity (Wildman–Crippen MR) is 84.7 cm³/mol. The van der Waals surface area contributed by atoms with Crippen LogP contribution >= 0.6 is 0 Å². The average molecular weight is 304 g/mol. The van der Waals surface area contributed by atoms with Crippen molar-refractivity contribution in [3.05, 3.63) is 23.8 Å². The molecule has 0 radical (unpaired) electrons. The van der Waals surface area contributed by atoms with Gasteiger partial charge < -0.3 is 15.2 Å². The summed E-state index contributed by atoms with van der Waals surface area (Å²) in [5.41, 5.74) is 1.72. The van der Waals surface area contributed by atoms with E-state index >= 15 is 0 Å². The van der Waals surface area contributed by atoms with Gasteiger partial charge in [-0.3, -0.25) is 9.69 Å². The van der Waals surface area contributed by atoms with Crippen LogP contribution in [0, 0.1) is 11.3 Å². The Kier molecular flexibility index (Phi) is 4.10. The zero-order chi connectivity index (χ0) is 15.7. The summed E-state index contributed by atoms with van der Waals surface area (Å²) in [6.45, 7) is 8.09. The van der Waals surface area contributed by atoms with E-state index in [0.717, 1.165) is 44.0 Å². The zero-order valence-electron chi connectivity index (χ0n) is 13.3. The maximum atomic E-state index is 12.2. The first-order valence-corrected chi connectivity index (χ1v) is 7.88. The minimum atomic E-state index is 0.0769. The molecule has 1 aromatic rings. The van der Waals surface area contributed by atoms with Crippen LogP contribution in [0.4, 0.5) is 5.69 Å². The van der Waals surface area contributed by atoms with Crippen molar-refractivity contribution in [1.82, 2.24) is 4.90 Å². The molecular weight excluding hydrogens is 280 g/mol. The van der Waals surface area contributed by atoms with E-state index in [2.05, 4.69) is 24.1 Å². The number of hydrogen-bond acceptors (Lipinski definition) is 4. The van der Waals surface area contributed by atoms with Gasteiger partial charge in [0.15, 0.2) is 0 Å². The van der Waals surface area contributed by atoms with Gasteiger partial charge in [0.25, 0.3) is 0 Å². The molecule has 1 aliphatic heterocycles. The number of rotatable bonds is 4. The summed E-state index contributed by atoms with van der Waals surface area (Å²) in [4.78, 5) is 14.4. The van der Waals surface area contributed by atoms with Crippen LogP contribution in [0.3, 0.4) is 0 Å². The number of hydrogen-bond donors (Lipinski definition) is 2. The van der Waals surface area contributed by atoms with Crippen molar-refractivity contribution in [2.45, 2.75) is 26.8 Å². The standard InChI is InChI=1S/C17H24N2O3/c1-17(2)10-14(17)16(21)18-13-3-4-15(20)12(9-13)11-19-5-7-22-8-6-19/h3-4,9,14,20H,5-8,10-11H2,1-2H3,(H,18,21)/t14-/m1/s1. The Morgan fingerprint density at radius 3 is 2.73 bits per heavy atom. The highest BCUT2D eigenvalue weighted by molar-refractivity contribution is 5.95. The lowest BCUT2D eigenvalue weighted by molar-refractivity contribution is -0.118. The van der Waals surface area contributed by atoms with Crippen molar-refractivity contribution in [3.8, 4) is 5.75 Å². The number of nitrogens with one attached hydrogen (secondary N) is 1. The largest absolute Gasteiger partial charge is 0.508 e. The lowest BCUT2D eigenvalue weighted by Gasteiger charge is -2.27. The second-order valence-corrected chi connectivity index (χ2v) is 6.97. The Morgan fingerprint density at radius 1 is 1.41 bits per heavy atom. The fourth-order valence-electron chi connectivity index (χ4n) is 2.93. The fourth-order valence-corrected chi connectivity index (χ4v) is 2.93. The van der Waals surface area contributed by atoms with Crippen LogP contribution in [0.15, 0.2) is 18.2 Å². The third kappa shape index (κ3) is 3.42. The Bertz CT molecular complexity index is 565. The molecule has 1 saturated heterocycles. The van der Waals surface area contributed by atoms with Gasteiger partial charge in [-0.1, -0.05) is 13.8 Å². The molecule has 1 atom stereocenters. The Hall–Kier alpha value is -1.59. The molecule has 2 aliphatic rings. The summed E-state index contributed by atoms with van der Waals surface area (Å²) in [7, 11) is 0. The van der Waals surface area contributed by atoms with Crippen molar-refractivity contribution in [3.63, 3.8) is 0 Å². The first-order chi connectivity index (χ1) is 10.5. The SMILES string of the molecule is CC1(C)C[C@@H]1C(=O)Nc1ccc(O)c(CN2CCOCC2)c1. The number of phenolic OH excluding ortho intramolecular Hbond substituents is 1. The van der Waals surface area contributed by atoms with E-state index in [9.17, 15) is 9.90 Å². The minimum Gasteiger partial charge on any atom is -0.508 e. The predicted octanol–water partition coefficient (Wildman–Crippen LogP) is 2.21. The molecule has 1 amide bonds. The number of carbonyl (C=O) groups excluding carboxylic acids is 1. The fraction of sp³-hybridized carbons (Fsp3) is 0.588. The first kappa shape index (κ1) is 15.3. The summed E-state index contributed by atoms with van der Waals surface area (Å²) in [5, 5.41) is 13.0. The molecule has 3 rings (SSSR count). The molecule has 5 heteroatoms. The number of nitrogens with zero attached hydrogens (tertiary/aromatic N) is 1. The number of phenols is 1. The smallest absolute Gasteiger partial charge is 0.228 e. The molecule has 1 saturated carbocycles. The van der Waals surface area contributed by atoms with Gasteiger partial charge in [-0.25, -0.2) is 0 Å². The molecule has 1 aliphatic carbocycles. The van der Waals surface area contributed by atoms with Crippen molar-refractivity contribution in [1.29, 1.82) is 0 Å². The minimum absolute atomic E-state index is 0.0769. The molecular formula is C17H24N2O3. The summed E-state index contributed by atoms with van der Waals surface area (Å²) in [6.07, 6.45) is 0.942. The number of carbonyl (C=O) groups is 1. The second-order valence-electron chi connectivity index (χ2n) is 6.97. The number of amides is 1. The third-order valence-corrected chi connectivity index (χ3v) is 4.67. The number of anilines is 1. The number of aromatic hydroxyl groups is 1. The van der Waals surface area contributed by atoms with Gasteiger partial charge >= 0.3 is 0 Å². The van der Waals surface area contributed by atoms with Gasteiger partial charge in [0.05, 0.1) is 13.2 Å². The quantitative estimate of drug-likeness (QED) is 0.837. The van der Waals surface area contributed by atoms with Crippen molar-refractivity contribution >= 4 is 11.6 Å². The van der Waals surface area contributed by atoms with Crippen LogP contribution in [-0.4, -0.2) is 42.2 Å². The molecule has 5 nitrogen and oxygen atoms in total. The van der Waals surface area contributed by atoms with Crippen molar-refractivity contribution in [2.75, 3.05) is 31.6 Å². The van der Waals surface area contributed by atoms with E-state index in [1.807, 2.05) is 6.07 Å². The van der Waals surface area contributed by atoms with Crippen molar-refractivity contribution in [2.24, 2.45) is 11.3 Å². The van der Waals surface area contributed by atoms with E-state index in [4.69, 9.17) is 4.74 Å². The maximum Gasteiger partial charge on any atom is 0.228 e. The van der Waals surface area contributed by atoms with E-state index in [1.165, 1.54) is 0 Å². The monoisotopic (exact) mass is 304 g/mol. The first-order valence-electron chi connectivity index (χ1n) is 7.88. The van der Waals surface area contributed by atoms with Crippen LogP contribution in [-0.2, 0) is 16.1 Å². The van der Waals surface area contributed by atoms with E-state index < -0.39 is 0 Å². The van der Waals surface area contributed by atoms with Gasteiger partial charge in [0, 0.05) is 36.8 Å². The molecule has 0 spiro atoms. The van der Waals surface area contributed by atoms with Crippen LogP contribution < -0.4 is 5.32 Å². The molecule has 1 aromatic carbocycles. The molecule has 120 valence electrons. The van der Waals surface area contributed by atoms with Crippen LogP contribution in [0.25, 0.3) is 0 Å². The highest BCUT2D eigenvalue weighted by Crippen LogP contribution is 2.52. The zero-order valence-corrected chi connectivity index (χ0v) is 13.3. The molecule has 2 N–H and O–H groups in total. The second kappa shape index (κ2) is 5.89. The van der Waals surface area contributed by atoms with Crippen molar-refractivity contribution < 1.29 is 14.6 Å². The van der Waals surface area contributed by atoms with Crippen LogP contribution in [0.5, 0.6) is 5.75 Å². The summed E-state index contributed by atoms with van der Waals surface area (Å²) in [6, 6.07) is 5.28. The summed E-state index contributed by atoms with van der Waals surface area (Å²) >= 11 is 0. The molecule has 22 heavy (non-hydrogen) atoms. The topological polar surface area (TPSA) is 61.8 Å². The van der Waals surface area contributed by atoms with Crippen LogP contribution in [0.2, 0.25) is 0 Å².